The van der Waals surface area contributed by atoms with Gasteiger partial charge in [0, 0.05) is 0 Å². The second kappa shape index (κ2) is 4.84. The quantitative estimate of drug-likeness (QED) is 0.875. The number of ether oxygens (including phenoxy) is 1. The second-order valence-electron chi connectivity index (χ2n) is 3.78. The summed E-state index contributed by atoms with van der Waals surface area (Å²) in [7, 11) is -3.65. The highest BCUT2D eigenvalue weighted by molar-refractivity contribution is 7.89. The van der Waals surface area contributed by atoms with Gasteiger partial charge in [-0.2, -0.15) is 0 Å². The van der Waals surface area contributed by atoms with E-state index in [1.54, 1.807) is 26.0 Å². The molecule has 0 atom stereocenters. The lowest BCUT2D eigenvalue weighted by Crippen LogP contribution is -2.14. The summed E-state index contributed by atoms with van der Waals surface area (Å²) in [5.74, 6) is 0.715. The van der Waals surface area contributed by atoms with Gasteiger partial charge in [-0.05, 0) is 43.5 Å². The fourth-order valence-corrected chi connectivity index (χ4v) is 2.29. The van der Waals surface area contributed by atoms with Crippen molar-refractivity contribution in [2.75, 3.05) is 6.61 Å². The summed E-state index contributed by atoms with van der Waals surface area (Å²) in [4.78, 5) is 0.161. The third-order valence-electron chi connectivity index (χ3n) is 2.24. The molecule has 16 heavy (non-hydrogen) atoms. The van der Waals surface area contributed by atoms with Crippen LogP contribution in [-0.4, -0.2) is 15.0 Å². The number of hydrogen-bond acceptors (Lipinski definition) is 3. The Morgan fingerprint density at radius 2 is 1.88 bits per heavy atom. The molecule has 0 amide bonds. The Bertz CT molecular complexity index is 480. The summed E-state index contributed by atoms with van der Waals surface area (Å²) in [6, 6.07) is 3.26. The molecule has 0 aromatic heterocycles. The zero-order valence-corrected chi connectivity index (χ0v) is 10.6. The molecule has 0 radical (unpaired) electrons. The normalized spacial score (nSPS) is 11.5. The van der Waals surface area contributed by atoms with Crippen LogP contribution in [0.4, 0.5) is 0 Å². The van der Waals surface area contributed by atoms with Crippen LogP contribution in [0.2, 0.25) is 0 Å². The second-order valence-corrected chi connectivity index (χ2v) is 5.31. The molecule has 0 heterocycles. The first kappa shape index (κ1) is 13.0. The maximum atomic E-state index is 11.3. The molecular weight excluding hydrogens is 226 g/mol. The van der Waals surface area contributed by atoms with E-state index in [0.717, 1.165) is 12.0 Å². The smallest absolute Gasteiger partial charge is 0.238 e. The molecular formula is C11H17NO3S. The summed E-state index contributed by atoms with van der Waals surface area (Å²) < 4.78 is 28.0. The summed E-state index contributed by atoms with van der Waals surface area (Å²) in [5, 5.41) is 5.11. The van der Waals surface area contributed by atoms with Gasteiger partial charge in [-0.15, -0.1) is 0 Å². The zero-order valence-electron chi connectivity index (χ0n) is 9.78. The minimum absolute atomic E-state index is 0.161. The summed E-state index contributed by atoms with van der Waals surface area (Å²) in [6.07, 6.45) is 0.912. The van der Waals surface area contributed by atoms with Crippen LogP contribution in [-0.2, 0) is 10.0 Å². The van der Waals surface area contributed by atoms with Crippen LogP contribution in [0.5, 0.6) is 5.75 Å². The largest absolute Gasteiger partial charge is 0.493 e. The summed E-state index contributed by atoms with van der Waals surface area (Å²) >= 11 is 0. The predicted octanol–water partition coefficient (Wildman–Crippen LogP) is 1.74. The minimum Gasteiger partial charge on any atom is -0.493 e. The summed E-state index contributed by atoms with van der Waals surface area (Å²) in [6.45, 7) is 6.15. The maximum absolute atomic E-state index is 11.3. The molecule has 0 saturated carbocycles. The third kappa shape index (κ3) is 2.96. The molecule has 90 valence electrons. The molecule has 2 N–H and O–H groups in total. The fourth-order valence-electron chi connectivity index (χ4n) is 1.44. The number of rotatable bonds is 4. The van der Waals surface area contributed by atoms with Crippen LogP contribution in [0.15, 0.2) is 17.0 Å². The first-order valence-electron chi connectivity index (χ1n) is 5.13. The third-order valence-corrected chi connectivity index (χ3v) is 3.29. The molecule has 0 aliphatic carbocycles. The number of aryl methyl sites for hydroxylation is 2. The highest BCUT2D eigenvalue weighted by atomic mass is 32.2. The maximum Gasteiger partial charge on any atom is 0.238 e. The molecule has 4 nitrogen and oxygen atoms in total. The van der Waals surface area contributed by atoms with Gasteiger partial charge in [0.05, 0.1) is 11.5 Å². The van der Waals surface area contributed by atoms with E-state index < -0.39 is 10.0 Å². The molecule has 5 heteroatoms. The Morgan fingerprint density at radius 1 is 1.25 bits per heavy atom. The number of hydrogen-bond donors (Lipinski definition) is 1. The van der Waals surface area contributed by atoms with Crippen LogP contribution in [0.1, 0.15) is 24.5 Å². The van der Waals surface area contributed by atoms with E-state index >= 15 is 0 Å². The zero-order chi connectivity index (χ0) is 12.3. The summed E-state index contributed by atoms with van der Waals surface area (Å²) in [5.41, 5.74) is 1.39. The van der Waals surface area contributed by atoms with Crippen molar-refractivity contribution >= 4 is 10.0 Å². The SMILES string of the molecule is CCCOc1cc(C)c(S(N)(=O)=O)cc1C. The number of primary sulfonamides is 1. The van der Waals surface area contributed by atoms with Crippen LogP contribution in [0.25, 0.3) is 0 Å². The first-order chi connectivity index (χ1) is 7.36. The highest BCUT2D eigenvalue weighted by Crippen LogP contribution is 2.25. The molecule has 1 aromatic carbocycles. The average Bonchev–Trinajstić information content (AvgIpc) is 2.17. The van der Waals surface area contributed by atoms with Crippen molar-refractivity contribution in [3.63, 3.8) is 0 Å². The molecule has 0 unspecified atom stereocenters. The van der Waals surface area contributed by atoms with Gasteiger partial charge in [-0.25, -0.2) is 13.6 Å². The van der Waals surface area contributed by atoms with Gasteiger partial charge in [0.25, 0.3) is 0 Å². The Hall–Kier alpha value is -1.07. The lowest BCUT2D eigenvalue weighted by molar-refractivity contribution is 0.315. The van der Waals surface area contributed by atoms with E-state index in [4.69, 9.17) is 9.88 Å². The highest BCUT2D eigenvalue weighted by Gasteiger charge is 2.14. The molecule has 0 spiro atoms. The van der Waals surface area contributed by atoms with Crippen molar-refractivity contribution in [1.29, 1.82) is 0 Å². The van der Waals surface area contributed by atoms with Crippen molar-refractivity contribution < 1.29 is 13.2 Å². The lowest BCUT2D eigenvalue weighted by Gasteiger charge is -2.11. The van der Waals surface area contributed by atoms with Crippen LogP contribution in [0, 0.1) is 13.8 Å². The van der Waals surface area contributed by atoms with Crippen molar-refractivity contribution in [3.05, 3.63) is 23.3 Å². The van der Waals surface area contributed by atoms with Gasteiger partial charge < -0.3 is 4.74 Å². The molecule has 0 bridgehead atoms. The van der Waals surface area contributed by atoms with Crippen LogP contribution in [0.3, 0.4) is 0 Å². The Kier molecular flexibility index (Phi) is 3.93. The van der Waals surface area contributed by atoms with E-state index in [-0.39, 0.29) is 4.90 Å². The lowest BCUT2D eigenvalue weighted by atomic mass is 10.1. The van der Waals surface area contributed by atoms with E-state index in [1.165, 1.54) is 0 Å². The van der Waals surface area contributed by atoms with Crippen LogP contribution < -0.4 is 9.88 Å². The van der Waals surface area contributed by atoms with Crippen molar-refractivity contribution in [2.24, 2.45) is 5.14 Å². The fraction of sp³-hybridized carbons (Fsp3) is 0.455. The van der Waals surface area contributed by atoms with Crippen molar-refractivity contribution in [2.45, 2.75) is 32.1 Å². The Morgan fingerprint density at radius 3 is 2.38 bits per heavy atom. The molecule has 1 rings (SSSR count). The topological polar surface area (TPSA) is 69.4 Å². The minimum atomic E-state index is -3.65. The Balaban J connectivity index is 3.17. The predicted molar refractivity (Wildman–Crippen MR) is 63.1 cm³/mol. The standard InChI is InChI=1S/C11H17NO3S/c1-4-5-15-10-6-9(3)11(7-8(10)2)16(12,13)14/h6-7H,4-5H2,1-3H3,(H2,12,13,14). The van der Waals surface area contributed by atoms with E-state index in [1.807, 2.05) is 6.92 Å². The van der Waals surface area contributed by atoms with Gasteiger partial charge in [-0.1, -0.05) is 6.92 Å². The van der Waals surface area contributed by atoms with Gasteiger partial charge in [0.15, 0.2) is 0 Å². The molecule has 0 saturated heterocycles. The van der Waals surface area contributed by atoms with Crippen molar-refractivity contribution in [3.8, 4) is 5.75 Å². The van der Waals surface area contributed by atoms with E-state index in [9.17, 15) is 8.42 Å². The Labute approximate surface area is 96.5 Å². The monoisotopic (exact) mass is 243 g/mol. The number of benzene rings is 1. The van der Waals surface area contributed by atoms with Gasteiger partial charge >= 0.3 is 0 Å². The molecule has 0 fully saturated rings. The molecule has 1 aromatic rings. The van der Waals surface area contributed by atoms with Gasteiger partial charge in [0.2, 0.25) is 10.0 Å². The van der Waals surface area contributed by atoms with E-state index in [2.05, 4.69) is 0 Å². The van der Waals surface area contributed by atoms with E-state index in [0.29, 0.717) is 17.9 Å². The molecule has 0 aliphatic heterocycles. The first-order valence-corrected chi connectivity index (χ1v) is 6.67. The number of sulfonamides is 1. The van der Waals surface area contributed by atoms with Crippen LogP contribution >= 0.6 is 0 Å². The van der Waals surface area contributed by atoms with Crippen molar-refractivity contribution in [1.82, 2.24) is 0 Å². The van der Waals surface area contributed by atoms with Gasteiger partial charge in [-0.3, -0.25) is 0 Å². The van der Waals surface area contributed by atoms with Gasteiger partial charge in [0.1, 0.15) is 5.75 Å². The average molecular weight is 243 g/mol. The number of nitrogens with two attached hydrogens (primary N) is 1. The molecule has 0 aliphatic rings.